The molecule has 2 aromatic carbocycles. The lowest BCUT2D eigenvalue weighted by Crippen LogP contribution is -2.29. The molecule has 1 aliphatic heterocycles. The Kier molecular flexibility index (Phi) is 3.61. The molecule has 0 saturated carbocycles. The van der Waals surface area contributed by atoms with Crippen LogP contribution in [-0.2, 0) is 13.6 Å². The van der Waals surface area contributed by atoms with Crippen LogP contribution in [0.3, 0.4) is 0 Å². The fourth-order valence-corrected chi connectivity index (χ4v) is 3.15. The molecule has 0 saturated heterocycles. The number of aryl methyl sites for hydroxylation is 1. The first-order chi connectivity index (χ1) is 11.6. The molecule has 120 valence electrons. The molecule has 1 aliphatic rings. The summed E-state index contributed by atoms with van der Waals surface area (Å²) in [5.74, 6) is 0.877. The normalized spacial score (nSPS) is 12.8. The van der Waals surface area contributed by atoms with Crippen LogP contribution < -0.4 is 10.2 Å². The van der Waals surface area contributed by atoms with E-state index < -0.39 is 0 Å². The van der Waals surface area contributed by atoms with E-state index in [1.165, 1.54) is 0 Å². The highest BCUT2D eigenvalue weighted by molar-refractivity contribution is 9.10. The summed E-state index contributed by atoms with van der Waals surface area (Å²) in [6, 6.07) is 15.2. The summed E-state index contributed by atoms with van der Waals surface area (Å²) in [5.41, 5.74) is 3.39. The molecule has 0 fully saturated rings. The van der Waals surface area contributed by atoms with E-state index in [0.29, 0.717) is 12.1 Å². The first kappa shape index (κ1) is 15.0. The average molecular weight is 383 g/mol. The Morgan fingerprint density at radius 1 is 1.17 bits per heavy atom. The smallest absolute Gasteiger partial charge is 0.258 e. The lowest BCUT2D eigenvalue weighted by Gasteiger charge is -2.22. The fraction of sp³-hybridized carbons (Fsp3) is 0.111. The number of anilines is 3. The highest BCUT2D eigenvalue weighted by atomic mass is 79.9. The first-order valence-corrected chi connectivity index (χ1v) is 8.37. The third-order valence-corrected chi connectivity index (χ3v) is 4.66. The maximum absolute atomic E-state index is 13.1. The minimum atomic E-state index is -0.0338. The van der Waals surface area contributed by atoms with Crippen molar-refractivity contribution in [2.45, 2.75) is 6.54 Å². The number of rotatable bonds is 1. The van der Waals surface area contributed by atoms with E-state index in [2.05, 4.69) is 26.3 Å². The van der Waals surface area contributed by atoms with E-state index in [0.717, 1.165) is 27.2 Å². The minimum Gasteiger partial charge on any atom is -0.338 e. The average Bonchev–Trinajstić information content (AvgIpc) is 2.85. The number of nitrogens with zero attached hydrogens (tertiary/aromatic N) is 3. The number of carbonyl (C=O) groups is 1. The van der Waals surface area contributed by atoms with Crippen molar-refractivity contribution in [3.05, 3.63) is 70.3 Å². The molecule has 1 aromatic heterocycles. The quantitative estimate of drug-likeness (QED) is 0.689. The molecule has 0 unspecified atom stereocenters. The molecule has 3 aromatic rings. The van der Waals surface area contributed by atoms with E-state index in [1.54, 1.807) is 15.8 Å². The number of nitrogens with one attached hydrogen (secondary N) is 1. The molecule has 0 aliphatic carbocycles. The second-order valence-corrected chi connectivity index (χ2v) is 6.60. The monoisotopic (exact) mass is 382 g/mol. The first-order valence-electron chi connectivity index (χ1n) is 7.58. The lowest BCUT2D eigenvalue weighted by molar-refractivity contribution is 0.0985. The SMILES string of the molecule is Cn1ncc2c1Nc1ccccc1N(C(=O)c1ccc(Br)cc1)C2. The van der Waals surface area contributed by atoms with Crippen LogP contribution in [0.1, 0.15) is 15.9 Å². The highest BCUT2D eigenvalue weighted by Gasteiger charge is 2.26. The van der Waals surface area contributed by atoms with Gasteiger partial charge in [0.2, 0.25) is 0 Å². The number of amides is 1. The number of fused-ring (bicyclic) bond motifs is 2. The fourth-order valence-electron chi connectivity index (χ4n) is 2.89. The van der Waals surface area contributed by atoms with Crippen LogP contribution in [0.5, 0.6) is 0 Å². The summed E-state index contributed by atoms with van der Waals surface area (Å²) in [6.45, 7) is 0.474. The van der Waals surface area contributed by atoms with Gasteiger partial charge in [-0.25, -0.2) is 0 Å². The topological polar surface area (TPSA) is 50.2 Å². The summed E-state index contributed by atoms with van der Waals surface area (Å²) in [5, 5.41) is 7.70. The standard InChI is InChI=1S/C18H15BrN4O/c1-22-17-13(10-20-22)11-23(16-5-3-2-4-15(16)21-17)18(24)12-6-8-14(19)9-7-12/h2-10,21H,11H2,1H3. The molecular formula is C18H15BrN4O. The predicted molar refractivity (Wildman–Crippen MR) is 97.6 cm³/mol. The molecular weight excluding hydrogens is 368 g/mol. The van der Waals surface area contributed by atoms with E-state index in [-0.39, 0.29) is 5.91 Å². The zero-order valence-corrected chi connectivity index (χ0v) is 14.6. The van der Waals surface area contributed by atoms with E-state index in [9.17, 15) is 4.79 Å². The van der Waals surface area contributed by atoms with Crippen LogP contribution in [0.15, 0.2) is 59.2 Å². The van der Waals surface area contributed by atoms with Gasteiger partial charge in [0.15, 0.2) is 0 Å². The van der Waals surface area contributed by atoms with Crippen molar-refractivity contribution < 1.29 is 4.79 Å². The van der Waals surface area contributed by atoms with Gasteiger partial charge in [-0.3, -0.25) is 9.48 Å². The second kappa shape index (κ2) is 5.79. The van der Waals surface area contributed by atoms with Crippen LogP contribution in [0.25, 0.3) is 0 Å². The predicted octanol–water partition coefficient (Wildman–Crippen LogP) is 4.09. The van der Waals surface area contributed by atoms with Gasteiger partial charge in [-0.2, -0.15) is 5.10 Å². The summed E-state index contributed by atoms with van der Waals surface area (Å²) in [7, 11) is 1.89. The molecule has 2 heterocycles. The highest BCUT2D eigenvalue weighted by Crippen LogP contribution is 2.36. The van der Waals surface area contributed by atoms with Crippen molar-refractivity contribution in [2.24, 2.45) is 7.05 Å². The van der Waals surface area contributed by atoms with Gasteiger partial charge in [0.25, 0.3) is 5.91 Å². The zero-order chi connectivity index (χ0) is 16.7. The minimum absolute atomic E-state index is 0.0338. The van der Waals surface area contributed by atoms with Gasteiger partial charge in [-0.05, 0) is 36.4 Å². The van der Waals surface area contributed by atoms with Gasteiger partial charge in [0.1, 0.15) is 5.82 Å². The van der Waals surface area contributed by atoms with Crippen molar-refractivity contribution >= 4 is 39.0 Å². The maximum Gasteiger partial charge on any atom is 0.258 e. The Balaban J connectivity index is 1.81. The molecule has 0 atom stereocenters. The van der Waals surface area contributed by atoms with Crippen LogP contribution >= 0.6 is 15.9 Å². The molecule has 0 bridgehead atoms. The van der Waals surface area contributed by atoms with Crippen LogP contribution in [0.4, 0.5) is 17.2 Å². The Bertz CT molecular complexity index is 917. The number of hydrogen-bond donors (Lipinski definition) is 1. The summed E-state index contributed by atoms with van der Waals surface area (Å²) >= 11 is 3.41. The Morgan fingerprint density at radius 2 is 1.92 bits per heavy atom. The molecule has 1 N–H and O–H groups in total. The Morgan fingerprint density at radius 3 is 2.71 bits per heavy atom. The summed E-state index contributed by atoms with van der Waals surface area (Å²) in [6.07, 6.45) is 1.80. The zero-order valence-electron chi connectivity index (χ0n) is 13.0. The molecule has 0 radical (unpaired) electrons. The number of hydrogen-bond acceptors (Lipinski definition) is 3. The van der Waals surface area contributed by atoms with E-state index in [4.69, 9.17) is 0 Å². The number of benzene rings is 2. The Hall–Kier alpha value is -2.60. The summed E-state index contributed by atoms with van der Waals surface area (Å²) in [4.78, 5) is 14.9. The summed E-state index contributed by atoms with van der Waals surface area (Å²) < 4.78 is 2.74. The van der Waals surface area contributed by atoms with Crippen molar-refractivity contribution in [1.82, 2.24) is 9.78 Å². The molecule has 24 heavy (non-hydrogen) atoms. The van der Waals surface area contributed by atoms with Crippen LogP contribution in [0, 0.1) is 0 Å². The number of aromatic nitrogens is 2. The van der Waals surface area contributed by atoms with Gasteiger partial charge in [-0.15, -0.1) is 0 Å². The van der Waals surface area contributed by atoms with Gasteiger partial charge in [0, 0.05) is 22.6 Å². The third kappa shape index (κ3) is 2.49. The second-order valence-electron chi connectivity index (χ2n) is 5.68. The van der Waals surface area contributed by atoms with Crippen molar-refractivity contribution in [3.63, 3.8) is 0 Å². The number of carbonyl (C=O) groups excluding carboxylic acids is 1. The van der Waals surface area contributed by atoms with Gasteiger partial charge < -0.3 is 10.2 Å². The van der Waals surface area contributed by atoms with Gasteiger partial charge in [0.05, 0.1) is 24.1 Å². The molecule has 4 rings (SSSR count). The lowest BCUT2D eigenvalue weighted by atomic mass is 10.1. The maximum atomic E-state index is 13.1. The number of halogens is 1. The van der Waals surface area contributed by atoms with E-state index in [1.807, 2.05) is 55.6 Å². The van der Waals surface area contributed by atoms with Crippen molar-refractivity contribution in [1.29, 1.82) is 0 Å². The van der Waals surface area contributed by atoms with Gasteiger partial charge in [-0.1, -0.05) is 28.1 Å². The number of para-hydroxylation sites is 2. The third-order valence-electron chi connectivity index (χ3n) is 4.13. The molecule has 1 amide bonds. The van der Waals surface area contributed by atoms with E-state index >= 15 is 0 Å². The molecule has 6 heteroatoms. The largest absolute Gasteiger partial charge is 0.338 e. The molecule has 0 spiro atoms. The Labute approximate surface area is 148 Å². The molecule has 5 nitrogen and oxygen atoms in total. The van der Waals surface area contributed by atoms with Gasteiger partial charge >= 0.3 is 0 Å². The van der Waals surface area contributed by atoms with Crippen molar-refractivity contribution in [3.8, 4) is 0 Å². The van der Waals surface area contributed by atoms with Crippen LogP contribution in [-0.4, -0.2) is 15.7 Å². The van der Waals surface area contributed by atoms with Crippen molar-refractivity contribution in [2.75, 3.05) is 10.2 Å². The van der Waals surface area contributed by atoms with Crippen LogP contribution in [0.2, 0.25) is 0 Å².